The summed E-state index contributed by atoms with van der Waals surface area (Å²) in [6.07, 6.45) is 0. The minimum atomic E-state index is -1.18. The molecule has 1 aromatic carbocycles. The van der Waals surface area contributed by atoms with Gasteiger partial charge in [-0.3, -0.25) is 10.1 Å². The number of nitrogens with zero attached hydrogens (tertiary/aromatic N) is 1. The lowest BCUT2D eigenvalue weighted by atomic mass is 10.3. The topological polar surface area (TPSA) is 52.4 Å². The second-order valence-corrected chi connectivity index (χ2v) is 3.09. The van der Waals surface area contributed by atoms with Crippen LogP contribution in [0.2, 0.25) is 10.0 Å². The molecule has 76 valence electrons. The van der Waals surface area contributed by atoms with E-state index in [1.807, 2.05) is 0 Å². The monoisotopic (exact) mass is 239 g/mol. The molecule has 14 heavy (non-hydrogen) atoms. The van der Waals surface area contributed by atoms with Crippen LogP contribution in [0.5, 0.6) is 5.75 Å². The summed E-state index contributed by atoms with van der Waals surface area (Å²) >= 11 is 11.1. The van der Waals surface area contributed by atoms with Gasteiger partial charge in [-0.15, -0.1) is 0 Å². The maximum atomic E-state index is 11.9. The van der Waals surface area contributed by atoms with E-state index in [-0.39, 0.29) is 15.8 Å². The molecule has 0 aliphatic heterocycles. The van der Waals surface area contributed by atoms with Crippen molar-refractivity contribution in [3.05, 3.63) is 32.3 Å². The summed E-state index contributed by atoms with van der Waals surface area (Å²) in [5.74, 6) is -0.282. The van der Waals surface area contributed by atoms with Crippen LogP contribution in [-0.4, -0.2) is 11.8 Å². The normalized spacial score (nSPS) is 9.93. The maximum absolute atomic E-state index is 11.9. The molecule has 0 fully saturated rings. The van der Waals surface area contributed by atoms with Crippen LogP contribution in [0.1, 0.15) is 0 Å². The zero-order valence-electron chi connectivity index (χ0n) is 6.67. The molecule has 1 rings (SSSR count). The first-order chi connectivity index (χ1) is 6.56. The Balaban J connectivity index is 3.28. The van der Waals surface area contributed by atoms with Gasteiger partial charge in [0.2, 0.25) is 12.6 Å². The van der Waals surface area contributed by atoms with E-state index < -0.39 is 17.5 Å². The Morgan fingerprint density at radius 3 is 2.64 bits per heavy atom. The lowest BCUT2D eigenvalue weighted by molar-refractivity contribution is -0.385. The lowest BCUT2D eigenvalue weighted by Gasteiger charge is -2.04. The van der Waals surface area contributed by atoms with Crippen molar-refractivity contribution >= 4 is 28.9 Å². The van der Waals surface area contributed by atoms with Crippen LogP contribution in [0, 0.1) is 10.1 Å². The fourth-order valence-electron chi connectivity index (χ4n) is 0.888. The van der Waals surface area contributed by atoms with Gasteiger partial charge in [0.1, 0.15) is 5.02 Å². The minimum absolute atomic E-state index is 0.143. The molecule has 0 atom stereocenters. The van der Waals surface area contributed by atoms with Gasteiger partial charge in [0.15, 0.2) is 0 Å². The average molecular weight is 240 g/mol. The Labute approximate surface area is 88.3 Å². The molecule has 4 nitrogen and oxygen atoms in total. The zero-order chi connectivity index (χ0) is 10.7. The number of nitro groups is 1. The van der Waals surface area contributed by atoms with Crippen LogP contribution >= 0.6 is 23.2 Å². The standard InChI is InChI=1S/C7H4Cl2FNO3/c8-4-1-5(9)7(11(12)13)6(2-4)14-3-10/h1-2H,3H2. The third-order valence-electron chi connectivity index (χ3n) is 1.39. The maximum Gasteiger partial charge on any atom is 0.329 e. The van der Waals surface area contributed by atoms with Crippen molar-refractivity contribution in [2.45, 2.75) is 0 Å². The molecular weight excluding hydrogens is 236 g/mol. The molecule has 0 aliphatic rings. The average Bonchev–Trinajstić information content (AvgIpc) is 2.01. The fraction of sp³-hybridized carbons (Fsp3) is 0.143. The summed E-state index contributed by atoms with van der Waals surface area (Å²) in [7, 11) is 0. The second-order valence-electron chi connectivity index (χ2n) is 2.24. The molecule has 0 heterocycles. The number of hydrogen-bond acceptors (Lipinski definition) is 3. The lowest BCUT2D eigenvalue weighted by Crippen LogP contribution is -1.97. The zero-order valence-corrected chi connectivity index (χ0v) is 8.18. The van der Waals surface area contributed by atoms with Gasteiger partial charge in [0, 0.05) is 11.1 Å². The first-order valence-corrected chi connectivity index (χ1v) is 4.14. The minimum Gasteiger partial charge on any atom is -0.456 e. The molecule has 0 aromatic heterocycles. The van der Waals surface area contributed by atoms with Gasteiger partial charge in [-0.2, -0.15) is 0 Å². The van der Waals surface area contributed by atoms with Crippen LogP contribution in [0.4, 0.5) is 10.1 Å². The molecule has 0 saturated carbocycles. The highest BCUT2D eigenvalue weighted by atomic mass is 35.5. The number of alkyl halides is 1. The Hall–Kier alpha value is -1.07. The van der Waals surface area contributed by atoms with E-state index in [0.717, 1.165) is 6.07 Å². The quantitative estimate of drug-likeness (QED) is 0.602. The molecule has 0 bridgehead atoms. The fourth-order valence-corrected chi connectivity index (χ4v) is 1.43. The van der Waals surface area contributed by atoms with Gasteiger partial charge >= 0.3 is 5.69 Å². The van der Waals surface area contributed by atoms with Gasteiger partial charge < -0.3 is 4.74 Å². The highest BCUT2D eigenvalue weighted by molar-refractivity contribution is 6.36. The van der Waals surface area contributed by atoms with E-state index in [0.29, 0.717) is 0 Å². The Morgan fingerprint density at radius 1 is 1.50 bits per heavy atom. The highest BCUT2D eigenvalue weighted by Gasteiger charge is 2.21. The van der Waals surface area contributed by atoms with Crippen molar-refractivity contribution in [2.24, 2.45) is 0 Å². The second kappa shape index (κ2) is 4.43. The largest absolute Gasteiger partial charge is 0.456 e. The SMILES string of the molecule is O=[N+]([O-])c1c(Cl)cc(Cl)cc1OCF. The molecule has 0 unspecified atom stereocenters. The van der Waals surface area contributed by atoms with Crippen molar-refractivity contribution in [1.29, 1.82) is 0 Å². The number of nitro benzene ring substituents is 1. The van der Waals surface area contributed by atoms with Crippen molar-refractivity contribution in [3.63, 3.8) is 0 Å². The Bertz CT molecular complexity index is 372. The number of rotatable bonds is 3. The molecule has 0 N–H and O–H groups in total. The first-order valence-electron chi connectivity index (χ1n) is 3.38. The predicted octanol–water partition coefficient (Wildman–Crippen LogP) is 3.21. The van der Waals surface area contributed by atoms with Crippen LogP contribution < -0.4 is 4.74 Å². The number of hydrogen-bond donors (Lipinski definition) is 0. The number of ether oxygens (including phenoxy) is 1. The highest BCUT2D eigenvalue weighted by Crippen LogP contribution is 2.37. The molecule has 0 spiro atoms. The third kappa shape index (κ3) is 2.24. The van der Waals surface area contributed by atoms with Gasteiger partial charge in [0.05, 0.1) is 4.92 Å². The van der Waals surface area contributed by atoms with Crippen LogP contribution in [0.3, 0.4) is 0 Å². The van der Waals surface area contributed by atoms with E-state index in [2.05, 4.69) is 4.74 Å². The van der Waals surface area contributed by atoms with Crippen molar-refractivity contribution in [2.75, 3.05) is 6.86 Å². The summed E-state index contributed by atoms with van der Waals surface area (Å²) in [6, 6.07) is 2.32. The summed E-state index contributed by atoms with van der Waals surface area (Å²) < 4.78 is 16.2. The Morgan fingerprint density at radius 2 is 2.14 bits per heavy atom. The van der Waals surface area contributed by atoms with Crippen LogP contribution in [0.15, 0.2) is 12.1 Å². The van der Waals surface area contributed by atoms with E-state index in [9.17, 15) is 14.5 Å². The molecular formula is C7H4Cl2FNO3. The molecule has 0 saturated heterocycles. The van der Waals surface area contributed by atoms with Crippen LogP contribution in [-0.2, 0) is 0 Å². The summed E-state index contributed by atoms with van der Waals surface area (Å²) in [5.41, 5.74) is -0.492. The Kier molecular flexibility index (Phi) is 3.49. The summed E-state index contributed by atoms with van der Waals surface area (Å²) in [4.78, 5) is 9.74. The number of halogens is 3. The molecule has 1 aromatic rings. The molecule has 0 radical (unpaired) electrons. The van der Waals surface area contributed by atoms with Gasteiger partial charge in [-0.25, -0.2) is 4.39 Å². The van der Waals surface area contributed by atoms with Crippen LogP contribution in [0.25, 0.3) is 0 Å². The third-order valence-corrected chi connectivity index (χ3v) is 1.89. The van der Waals surface area contributed by atoms with E-state index in [1.54, 1.807) is 0 Å². The van der Waals surface area contributed by atoms with Crippen molar-refractivity contribution in [3.8, 4) is 5.75 Å². The number of benzene rings is 1. The van der Waals surface area contributed by atoms with Gasteiger partial charge in [0.25, 0.3) is 0 Å². The first kappa shape index (κ1) is 11.0. The molecule has 0 amide bonds. The van der Waals surface area contributed by atoms with E-state index >= 15 is 0 Å². The van der Waals surface area contributed by atoms with Crippen molar-refractivity contribution in [1.82, 2.24) is 0 Å². The van der Waals surface area contributed by atoms with Gasteiger partial charge in [-0.1, -0.05) is 23.2 Å². The van der Waals surface area contributed by atoms with E-state index in [1.165, 1.54) is 6.07 Å². The van der Waals surface area contributed by atoms with Gasteiger partial charge in [-0.05, 0) is 6.07 Å². The van der Waals surface area contributed by atoms with Crippen molar-refractivity contribution < 1.29 is 14.1 Å². The van der Waals surface area contributed by atoms with E-state index in [4.69, 9.17) is 23.2 Å². The molecule has 7 heteroatoms. The molecule has 0 aliphatic carbocycles. The summed E-state index contributed by atoms with van der Waals surface area (Å²) in [6.45, 7) is -1.18. The summed E-state index contributed by atoms with van der Waals surface area (Å²) in [5, 5.41) is 10.5. The predicted molar refractivity (Wildman–Crippen MR) is 49.7 cm³/mol. The smallest absolute Gasteiger partial charge is 0.329 e.